The molecule has 16 heavy (non-hydrogen) atoms. The van der Waals surface area contributed by atoms with E-state index in [2.05, 4.69) is 30.0 Å². The predicted molar refractivity (Wildman–Crippen MR) is 61.9 cm³/mol. The zero-order valence-electron chi connectivity index (χ0n) is 9.82. The number of nitrogens with zero attached hydrogens (tertiary/aromatic N) is 1. The van der Waals surface area contributed by atoms with Gasteiger partial charge in [-0.05, 0) is 25.0 Å². The Kier molecular flexibility index (Phi) is 3.25. The average Bonchev–Trinajstić information content (AvgIpc) is 2.59. The van der Waals surface area contributed by atoms with Crippen molar-refractivity contribution in [2.24, 2.45) is 0 Å². The molecule has 0 atom stereocenters. The normalized spacial score (nSPS) is 14.9. The molecule has 86 valence electrons. The number of hydrogen-bond donors (Lipinski definition) is 0. The van der Waals surface area contributed by atoms with Crippen molar-refractivity contribution < 1.29 is 9.53 Å². The van der Waals surface area contributed by atoms with Crippen LogP contribution >= 0.6 is 0 Å². The summed E-state index contributed by atoms with van der Waals surface area (Å²) < 4.78 is 4.95. The lowest BCUT2D eigenvalue weighted by atomic mass is 10.1. The summed E-state index contributed by atoms with van der Waals surface area (Å²) in [5, 5.41) is 0. The third kappa shape index (κ3) is 2.42. The van der Waals surface area contributed by atoms with Gasteiger partial charge in [-0.3, -0.25) is 9.69 Å². The first kappa shape index (κ1) is 11.1. The minimum absolute atomic E-state index is 0.132. The van der Waals surface area contributed by atoms with E-state index in [4.69, 9.17) is 4.74 Å². The zero-order chi connectivity index (χ0) is 11.5. The molecule has 0 amide bonds. The van der Waals surface area contributed by atoms with Crippen molar-refractivity contribution in [2.45, 2.75) is 26.9 Å². The van der Waals surface area contributed by atoms with E-state index in [9.17, 15) is 4.79 Å². The van der Waals surface area contributed by atoms with Crippen LogP contribution in [-0.2, 0) is 22.6 Å². The largest absolute Gasteiger partial charge is 0.465 e. The molecule has 0 bridgehead atoms. The summed E-state index contributed by atoms with van der Waals surface area (Å²) in [6, 6.07) is 6.46. The second-order valence-electron chi connectivity index (χ2n) is 4.22. The standard InChI is InChI=1S/C13H17NO2/c1-3-16-13(15)9-14-7-11-5-4-10(2)6-12(11)8-14/h4-6H,3,7-9H2,1-2H3. The van der Waals surface area contributed by atoms with Gasteiger partial charge in [0, 0.05) is 13.1 Å². The van der Waals surface area contributed by atoms with E-state index in [0.29, 0.717) is 13.2 Å². The van der Waals surface area contributed by atoms with Crippen LogP contribution in [0.25, 0.3) is 0 Å². The maximum Gasteiger partial charge on any atom is 0.320 e. The van der Waals surface area contributed by atoms with E-state index in [0.717, 1.165) is 13.1 Å². The molecule has 1 aromatic carbocycles. The Morgan fingerprint density at radius 1 is 1.38 bits per heavy atom. The fourth-order valence-electron chi connectivity index (χ4n) is 2.09. The molecule has 0 aromatic heterocycles. The van der Waals surface area contributed by atoms with Crippen molar-refractivity contribution in [1.82, 2.24) is 4.90 Å². The van der Waals surface area contributed by atoms with Gasteiger partial charge in [-0.1, -0.05) is 23.8 Å². The van der Waals surface area contributed by atoms with Crippen molar-refractivity contribution >= 4 is 5.97 Å². The molecule has 0 unspecified atom stereocenters. The van der Waals surface area contributed by atoms with Crippen LogP contribution < -0.4 is 0 Å². The Hall–Kier alpha value is -1.35. The Morgan fingerprint density at radius 3 is 2.88 bits per heavy atom. The fourth-order valence-corrected chi connectivity index (χ4v) is 2.09. The molecule has 1 heterocycles. The SMILES string of the molecule is CCOC(=O)CN1Cc2ccc(C)cc2C1. The second kappa shape index (κ2) is 4.66. The highest BCUT2D eigenvalue weighted by molar-refractivity contribution is 5.71. The summed E-state index contributed by atoms with van der Waals surface area (Å²) in [5.74, 6) is -0.132. The van der Waals surface area contributed by atoms with Crippen LogP contribution in [-0.4, -0.2) is 24.0 Å². The Morgan fingerprint density at radius 2 is 2.12 bits per heavy atom. The van der Waals surface area contributed by atoms with Gasteiger partial charge in [0.15, 0.2) is 0 Å². The van der Waals surface area contributed by atoms with Gasteiger partial charge in [-0.25, -0.2) is 0 Å². The molecule has 0 aliphatic carbocycles. The maximum atomic E-state index is 11.4. The van der Waals surface area contributed by atoms with Gasteiger partial charge in [-0.2, -0.15) is 0 Å². The van der Waals surface area contributed by atoms with Crippen LogP contribution in [0.4, 0.5) is 0 Å². The molecule has 0 radical (unpaired) electrons. The van der Waals surface area contributed by atoms with E-state index in [1.807, 2.05) is 6.92 Å². The third-order valence-corrected chi connectivity index (χ3v) is 2.81. The Bertz CT molecular complexity index is 401. The highest BCUT2D eigenvalue weighted by atomic mass is 16.5. The minimum Gasteiger partial charge on any atom is -0.465 e. The zero-order valence-corrected chi connectivity index (χ0v) is 9.82. The summed E-state index contributed by atoms with van der Waals surface area (Å²) in [4.78, 5) is 13.5. The number of carbonyl (C=O) groups excluding carboxylic acids is 1. The van der Waals surface area contributed by atoms with Crippen LogP contribution in [0.5, 0.6) is 0 Å². The van der Waals surface area contributed by atoms with E-state index < -0.39 is 0 Å². The molecular weight excluding hydrogens is 202 g/mol. The van der Waals surface area contributed by atoms with Gasteiger partial charge in [0.2, 0.25) is 0 Å². The highest BCUT2D eigenvalue weighted by Crippen LogP contribution is 2.23. The number of hydrogen-bond acceptors (Lipinski definition) is 3. The lowest BCUT2D eigenvalue weighted by Gasteiger charge is -2.12. The molecule has 2 rings (SSSR count). The van der Waals surface area contributed by atoms with Crippen molar-refractivity contribution in [3.05, 3.63) is 34.9 Å². The van der Waals surface area contributed by atoms with E-state index in [1.165, 1.54) is 16.7 Å². The lowest BCUT2D eigenvalue weighted by Crippen LogP contribution is -2.26. The van der Waals surface area contributed by atoms with Crippen LogP contribution in [0.15, 0.2) is 18.2 Å². The van der Waals surface area contributed by atoms with Crippen molar-refractivity contribution in [3.63, 3.8) is 0 Å². The third-order valence-electron chi connectivity index (χ3n) is 2.81. The number of rotatable bonds is 3. The first-order valence-corrected chi connectivity index (χ1v) is 5.65. The number of ether oxygens (including phenoxy) is 1. The molecule has 1 aliphatic rings. The van der Waals surface area contributed by atoms with E-state index in [-0.39, 0.29) is 5.97 Å². The molecule has 1 aliphatic heterocycles. The topological polar surface area (TPSA) is 29.5 Å². The van der Waals surface area contributed by atoms with Gasteiger partial charge in [0.05, 0.1) is 13.2 Å². The van der Waals surface area contributed by atoms with Gasteiger partial charge in [0.1, 0.15) is 0 Å². The quantitative estimate of drug-likeness (QED) is 0.727. The van der Waals surface area contributed by atoms with Crippen molar-refractivity contribution in [2.75, 3.05) is 13.2 Å². The summed E-state index contributed by atoms with van der Waals surface area (Å²) in [5.41, 5.74) is 3.94. The highest BCUT2D eigenvalue weighted by Gasteiger charge is 2.21. The second-order valence-corrected chi connectivity index (χ2v) is 4.22. The molecule has 0 fully saturated rings. The van der Waals surface area contributed by atoms with Crippen LogP contribution in [0, 0.1) is 6.92 Å². The minimum atomic E-state index is -0.132. The Balaban J connectivity index is 1.97. The maximum absolute atomic E-state index is 11.4. The van der Waals surface area contributed by atoms with Gasteiger partial charge >= 0.3 is 5.97 Å². The van der Waals surface area contributed by atoms with Crippen molar-refractivity contribution in [1.29, 1.82) is 0 Å². The smallest absolute Gasteiger partial charge is 0.320 e. The van der Waals surface area contributed by atoms with Crippen molar-refractivity contribution in [3.8, 4) is 0 Å². The number of aryl methyl sites for hydroxylation is 1. The molecule has 1 aromatic rings. The first-order chi connectivity index (χ1) is 7.69. The molecular formula is C13H17NO2. The van der Waals surface area contributed by atoms with Gasteiger partial charge < -0.3 is 4.74 Å². The average molecular weight is 219 g/mol. The summed E-state index contributed by atoms with van der Waals surface area (Å²) in [6.45, 7) is 6.48. The fraction of sp³-hybridized carbons (Fsp3) is 0.462. The predicted octanol–water partition coefficient (Wildman–Crippen LogP) is 1.87. The summed E-state index contributed by atoms with van der Waals surface area (Å²) >= 11 is 0. The van der Waals surface area contributed by atoms with Gasteiger partial charge in [0.25, 0.3) is 0 Å². The molecule has 0 saturated heterocycles. The van der Waals surface area contributed by atoms with Crippen LogP contribution in [0.1, 0.15) is 23.6 Å². The molecule has 3 nitrogen and oxygen atoms in total. The number of esters is 1. The summed E-state index contributed by atoms with van der Waals surface area (Å²) in [6.07, 6.45) is 0. The van der Waals surface area contributed by atoms with Crippen LogP contribution in [0.2, 0.25) is 0 Å². The summed E-state index contributed by atoms with van der Waals surface area (Å²) in [7, 11) is 0. The first-order valence-electron chi connectivity index (χ1n) is 5.65. The number of carbonyl (C=O) groups is 1. The number of fused-ring (bicyclic) bond motifs is 1. The monoisotopic (exact) mass is 219 g/mol. The lowest BCUT2D eigenvalue weighted by molar-refractivity contribution is -0.144. The van der Waals surface area contributed by atoms with E-state index >= 15 is 0 Å². The van der Waals surface area contributed by atoms with Crippen LogP contribution in [0.3, 0.4) is 0 Å². The molecule has 0 saturated carbocycles. The molecule has 0 N–H and O–H groups in total. The van der Waals surface area contributed by atoms with E-state index in [1.54, 1.807) is 0 Å². The number of benzene rings is 1. The van der Waals surface area contributed by atoms with Gasteiger partial charge in [-0.15, -0.1) is 0 Å². The molecule has 3 heteroatoms. The molecule has 0 spiro atoms. The Labute approximate surface area is 96.0 Å².